The van der Waals surface area contributed by atoms with Crippen molar-refractivity contribution in [2.75, 3.05) is 45.1 Å². The highest BCUT2D eigenvalue weighted by atomic mass is 16.1. The molecule has 0 bridgehead atoms. The third-order valence-electron chi connectivity index (χ3n) is 4.26. The lowest BCUT2D eigenvalue weighted by Gasteiger charge is -2.32. The fourth-order valence-corrected chi connectivity index (χ4v) is 2.79. The summed E-state index contributed by atoms with van der Waals surface area (Å²) in [5.41, 5.74) is 2.16. The van der Waals surface area contributed by atoms with Gasteiger partial charge in [-0.05, 0) is 24.1 Å². The number of nitrogens with zero attached hydrogens (tertiary/aromatic N) is 2. The Hall–Kier alpha value is -1.39. The molecule has 22 heavy (non-hydrogen) atoms. The first kappa shape index (κ1) is 17.0. The molecule has 0 aliphatic carbocycles. The number of benzene rings is 1. The standard InChI is InChI=1S/C18H29N3O/c1-18(2,3)15-7-5-6-8-16(15)19-17(22)9-10-21-13-11-20(4)12-14-21/h5-8H,9-14H2,1-4H3,(H,19,22). The van der Waals surface area contributed by atoms with E-state index < -0.39 is 0 Å². The van der Waals surface area contributed by atoms with E-state index in [-0.39, 0.29) is 11.3 Å². The second kappa shape index (κ2) is 7.25. The summed E-state index contributed by atoms with van der Waals surface area (Å²) < 4.78 is 0. The number of para-hydroxylation sites is 1. The first-order chi connectivity index (χ1) is 10.4. The third-order valence-corrected chi connectivity index (χ3v) is 4.26. The van der Waals surface area contributed by atoms with E-state index >= 15 is 0 Å². The molecule has 1 saturated heterocycles. The smallest absolute Gasteiger partial charge is 0.225 e. The van der Waals surface area contributed by atoms with Crippen LogP contribution in [0.15, 0.2) is 24.3 Å². The average Bonchev–Trinajstić information content (AvgIpc) is 2.46. The first-order valence-corrected chi connectivity index (χ1v) is 8.16. The van der Waals surface area contributed by atoms with Crippen molar-refractivity contribution >= 4 is 11.6 Å². The molecule has 4 nitrogen and oxygen atoms in total. The van der Waals surface area contributed by atoms with Crippen molar-refractivity contribution in [1.29, 1.82) is 0 Å². The van der Waals surface area contributed by atoms with Gasteiger partial charge in [0.15, 0.2) is 0 Å². The van der Waals surface area contributed by atoms with Crippen molar-refractivity contribution in [3.05, 3.63) is 29.8 Å². The molecule has 1 amide bonds. The number of amides is 1. The van der Waals surface area contributed by atoms with Crippen LogP contribution in [0, 0.1) is 0 Å². The molecule has 0 aromatic heterocycles. The summed E-state index contributed by atoms with van der Waals surface area (Å²) in [6, 6.07) is 8.09. The van der Waals surface area contributed by atoms with Gasteiger partial charge < -0.3 is 15.1 Å². The molecule has 1 aliphatic heterocycles. The SMILES string of the molecule is CN1CCN(CCC(=O)Nc2ccccc2C(C)(C)C)CC1. The maximum absolute atomic E-state index is 12.3. The summed E-state index contributed by atoms with van der Waals surface area (Å²) >= 11 is 0. The van der Waals surface area contributed by atoms with Gasteiger partial charge in [0.25, 0.3) is 0 Å². The van der Waals surface area contributed by atoms with Crippen LogP contribution in [0.4, 0.5) is 5.69 Å². The molecule has 0 spiro atoms. The number of anilines is 1. The average molecular weight is 303 g/mol. The summed E-state index contributed by atoms with van der Waals surface area (Å²) in [5, 5.41) is 3.09. The Balaban J connectivity index is 1.87. The predicted molar refractivity (Wildman–Crippen MR) is 92.3 cm³/mol. The molecular weight excluding hydrogens is 274 g/mol. The molecular formula is C18H29N3O. The van der Waals surface area contributed by atoms with E-state index in [0.29, 0.717) is 6.42 Å². The molecule has 1 aliphatic rings. The third kappa shape index (κ3) is 4.82. The van der Waals surface area contributed by atoms with Gasteiger partial charge in [0.1, 0.15) is 0 Å². The van der Waals surface area contributed by atoms with Crippen LogP contribution in [-0.2, 0) is 10.2 Å². The number of carbonyl (C=O) groups excluding carboxylic acids is 1. The van der Waals surface area contributed by atoms with E-state index in [9.17, 15) is 4.79 Å². The zero-order valence-electron chi connectivity index (χ0n) is 14.4. The Kier molecular flexibility index (Phi) is 5.59. The number of hydrogen-bond donors (Lipinski definition) is 1. The Morgan fingerprint density at radius 2 is 1.77 bits per heavy atom. The molecule has 1 N–H and O–H groups in total. The summed E-state index contributed by atoms with van der Waals surface area (Å²) in [4.78, 5) is 17.0. The van der Waals surface area contributed by atoms with Crippen LogP contribution in [0.2, 0.25) is 0 Å². The number of hydrogen-bond acceptors (Lipinski definition) is 3. The highest BCUT2D eigenvalue weighted by Crippen LogP contribution is 2.29. The lowest BCUT2D eigenvalue weighted by Crippen LogP contribution is -2.45. The fraction of sp³-hybridized carbons (Fsp3) is 0.611. The van der Waals surface area contributed by atoms with Crippen LogP contribution in [0.3, 0.4) is 0 Å². The highest BCUT2D eigenvalue weighted by Gasteiger charge is 2.19. The van der Waals surface area contributed by atoms with Crippen LogP contribution in [0.1, 0.15) is 32.8 Å². The van der Waals surface area contributed by atoms with E-state index in [1.54, 1.807) is 0 Å². The number of likely N-dealkylation sites (N-methyl/N-ethyl adjacent to an activating group) is 1. The zero-order valence-corrected chi connectivity index (χ0v) is 14.4. The Bertz CT molecular complexity index is 499. The lowest BCUT2D eigenvalue weighted by atomic mass is 9.86. The van der Waals surface area contributed by atoms with Crippen LogP contribution in [0.5, 0.6) is 0 Å². The maximum atomic E-state index is 12.3. The molecule has 1 aromatic rings. The minimum atomic E-state index is 0.0291. The second-order valence-electron chi connectivity index (χ2n) is 7.24. The molecule has 0 radical (unpaired) electrons. The van der Waals surface area contributed by atoms with Gasteiger partial charge in [-0.2, -0.15) is 0 Å². The number of carbonyl (C=O) groups is 1. The number of rotatable bonds is 4. The molecule has 1 heterocycles. The minimum Gasteiger partial charge on any atom is -0.326 e. The van der Waals surface area contributed by atoms with Gasteiger partial charge in [0, 0.05) is 44.8 Å². The number of nitrogens with one attached hydrogen (secondary N) is 1. The van der Waals surface area contributed by atoms with Crippen molar-refractivity contribution in [2.24, 2.45) is 0 Å². The predicted octanol–water partition coefficient (Wildman–Crippen LogP) is 2.56. The molecule has 0 atom stereocenters. The maximum Gasteiger partial charge on any atom is 0.225 e. The topological polar surface area (TPSA) is 35.6 Å². The van der Waals surface area contributed by atoms with E-state index in [1.807, 2.05) is 18.2 Å². The summed E-state index contributed by atoms with van der Waals surface area (Å²) in [5.74, 6) is 0.107. The van der Waals surface area contributed by atoms with Crippen molar-refractivity contribution in [3.63, 3.8) is 0 Å². The minimum absolute atomic E-state index is 0.0291. The molecule has 1 fully saturated rings. The molecule has 2 rings (SSSR count). The fourth-order valence-electron chi connectivity index (χ4n) is 2.79. The second-order valence-corrected chi connectivity index (χ2v) is 7.24. The van der Waals surface area contributed by atoms with Gasteiger partial charge in [-0.3, -0.25) is 4.79 Å². The molecule has 1 aromatic carbocycles. The van der Waals surface area contributed by atoms with Gasteiger partial charge in [-0.15, -0.1) is 0 Å². The summed E-state index contributed by atoms with van der Waals surface area (Å²) in [6.07, 6.45) is 0.558. The van der Waals surface area contributed by atoms with Gasteiger partial charge in [-0.25, -0.2) is 0 Å². The van der Waals surface area contributed by atoms with E-state index in [2.05, 4.69) is 49.0 Å². The summed E-state index contributed by atoms with van der Waals surface area (Å²) in [7, 11) is 2.15. The van der Waals surface area contributed by atoms with Crippen LogP contribution in [-0.4, -0.2) is 55.5 Å². The van der Waals surface area contributed by atoms with Gasteiger partial charge in [-0.1, -0.05) is 39.0 Å². The largest absolute Gasteiger partial charge is 0.326 e. The highest BCUT2D eigenvalue weighted by molar-refractivity contribution is 5.91. The van der Waals surface area contributed by atoms with Crippen LogP contribution < -0.4 is 5.32 Å². The molecule has 4 heteroatoms. The first-order valence-electron chi connectivity index (χ1n) is 8.16. The Morgan fingerprint density at radius 1 is 1.14 bits per heavy atom. The van der Waals surface area contributed by atoms with Crippen LogP contribution in [0.25, 0.3) is 0 Å². The lowest BCUT2D eigenvalue weighted by molar-refractivity contribution is -0.116. The van der Waals surface area contributed by atoms with E-state index in [0.717, 1.165) is 38.4 Å². The van der Waals surface area contributed by atoms with Gasteiger partial charge >= 0.3 is 0 Å². The molecule has 122 valence electrons. The quantitative estimate of drug-likeness (QED) is 0.928. The van der Waals surface area contributed by atoms with Crippen molar-refractivity contribution < 1.29 is 4.79 Å². The van der Waals surface area contributed by atoms with E-state index in [4.69, 9.17) is 0 Å². The number of piperazine rings is 1. The zero-order chi connectivity index (χ0) is 16.2. The Morgan fingerprint density at radius 3 is 2.41 bits per heavy atom. The van der Waals surface area contributed by atoms with Gasteiger partial charge in [0.2, 0.25) is 5.91 Å². The van der Waals surface area contributed by atoms with Crippen molar-refractivity contribution in [3.8, 4) is 0 Å². The van der Waals surface area contributed by atoms with Crippen molar-refractivity contribution in [2.45, 2.75) is 32.6 Å². The van der Waals surface area contributed by atoms with E-state index in [1.165, 1.54) is 5.56 Å². The Labute approximate surface area is 134 Å². The monoisotopic (exact) mass is 303 g/mol. The molecule has 0 saturated carbocycles. The summed E-state index contributed by atoms with van der Waals surface area (Å²) in [6.45, 7) is 11.7. The van der Waals surface area contributed by atoms with Crippen molar-refractivity contribution in [1.82, 2.24) is 9.80 Å². The van der Waals surface area contributed by atoms with Gasteiger partial charge in [0.05, 0.1) is 0 Å². The normalized spacial score (nSPS) is 17.5. The van der Waals surface area contributed by atoms with Crippen LogP contribution >= 0.6 is 0 Å². The molecule has 0 unspecified atom stereocenters.